The van der Waals surface area contributed by atoms with Crippen LogP contribution in [0.25, 0.3) is 0 Å². The number of aliphatic imine (C=N–C) groups is 1. The number of nitrogens with zero attached hydrogens (tertiary/aromatic N) is 2. The first-order chi connectivity index (χ1) is 14.3. The molecule has 29 heavy (non-hydrogen) atoms. The number of hydrogen-bond acceptors (Lipinski definition) is 2. The van der Waals surface area contributed by atoms with Crippen molar-refractivity contribution in [2.24, 2.45) is 10.9 Å². The van der Waals surface area contributed by atoms with Gasteiger partial charge in [0.1, 0.15) is 5.84 Å². The van der Waals surface area contributed by atoms with E-state index in [2.05, 4.69) is 5.92 Å². The average Bonchev–Trinajstić information content (AvgIpc) is 2.78. The zero-order chi connectivity index (χ0) is 20.1. The minimum Gasteiger partial charge on any atom is -0.292 e. The van der Waals surface area contributed by atoms with Gasteiger partial charge in [0.2, 0.25) is 5.91 Å². The molecular formula is C26H22N2O. The number of carbonyl (C=O) groups excluding carboxylic acids is 1. The molecule has 0 spiro atoms. The standard InChI is InChI=1S/C26H22N2O/c1-2-12-23-24(21-15-8-4-9-16-21)27-25(22-17-10-5-11-18-22)28(26(23)29)19-20-13-6-3-7-14-20/h1,3-11,13-18,23-24H,12,19H2/t23-,24-/m0/s1. The fourth-order valence-corrected chi connectivity index (χ4v) is 3.75. The van der Waals surface area contributed by atoms with E-state index in [0.29, 0.717) is 18.8 Å². The van der Waals surface area contributed by atoms with Crippen LogP contribution in [0.4, 0.5) is 0 Å². The van der Waals surface area contributed by atoms with Crippen LogP contribution in [0, 0.1) is 18.3 Å². The lowest BCUT2D eigenvalue weighted by molar-refractivity contribution is -0.133. The second-order valence-corrected chi connectivity index (χ2v) is 7.10. The Kier molecular flexibility index (Phi) is 5.54. The summed E-state index contributed by atoms with van der Waals surface area (Å²) in [6, 6.07) is 29.5. The molecule has 3 heteroatoms. The van der Waals surface area contributed by atoms with Gasteiger partial charge in [-0.1, -0.05) is 91.0 Å². The number of rotatable bonds is 5. The highest BCUT2D eigenvalue weighted by molar-refractivity contribution is 6.10. The predicted molar refractivity (Wildman–Crippen MR) is 116 cm³/mol. The zero-order valence-corrected chi connectivity index (χ0v) is 16.1. The summed E-state index contributed by atoms with van der Waals surface area (Å²) in [5.74, 6) is 3.03. The lowest BCUT2D eigenvalue weighted by Crippen LogP contribution is -2.46. The Morgan fingerprint density at radius 1 is 0.862 bits per heavy atom. The third kappa shape index (κ3) is 3.97. The average molecular weight is 378 g/mol. The summed E-state index contributed by atoms with van der Waals surface area (Å²) in [6.07, 6.45) is 5.99. The van der Waals surface area contributed by atoms with E-state index < -0.39 is 0 Å². The number of amides is 1. The summed E-state index contributed by atoms with van der Waals surface area (Å²) < 4.78 is 0. The number of amidine groups is 1. The molecule has 142 valence electrons. The van der Waals surface area contributed by atoms with Crippen LogP contribution in [0.2, 0.25) is 0 Å². The molecule has 0 N–H and O–H groups in total. The second-order valence-electron chi connectivity index (χ2n) is 7.10. The van der Waals surface area contributed by atoms with Crippen molar-refractivity contribution in [1.29, 1.82) is 0 Å². The number of hydrogen-bond donors (Lipinski definition) is 0. The Morgan fingerprint density at radius 3 is 2.07 bits per heavy atom. The highest BCUT2D eigenvalue weighted by Gasteiger charge is 2.39. The maximum Gasteiger partial charge on any atom is 0.235 e. The molecule has 1 heterocycles. The van der Waals surface area contributed by atoms with Gasteiger partial charge in [0, 0.05) is 12.0 Å². The van der Waals surface area contributed by atoms with Crippen LogP contribution in [0.15, 0.2) is 96.0 Å². The monoisotopic (exact) mass is 378 g/mol. The number of benzene rings is 3. The van der Waals surface area contributed by atoms with Crippen molar-refractivity contribution in [3.8, 4) is 12.3 Å². The maximum absolute atomic E-state index is 13.6. The SMILES string of the molecule is C#CC[C@@H]1C(=O)N(Cc2ccccc2)C(c2ccccc2)=N[C@H]1c1ccccc1. The molecule has 0 aromatic heterocycles. The van der Waals surface area contributed by atoms with E-state index in [9.17, 15) is 4.79 Å². The fraction of sp³-hybridized carbons (Fsp3) is 0.154. The van der Waals surface area contributed by atoms with Gasteiger partial charge in [0.15, 0.2) is 0 Å². The summed E-state index contributed by atoms with van der Waals surface area (Å²) in [5, 5.41) is 0. The van der Waals surface area contributed by atoms with Crippen molar-refractivity contribution in [3.63, 3.8) is 0 Å². The molecule has 0 aliphatic carbocycles. The largest absolute Gasteiger partial charge is 0.292 e. The second kappa shape index (κ2) is 8.58. The molecule has 4 rings (SSSR count). The molecule has 3 nitrogen and oxygen atoms in total. The third-order valence-corrected chi connectivity index (χ3v) is 5.18. The third-order valence-electron chi connectivity index (χ3n) is 5.18. The van der Waals surface area contributed by atoms with Gasteiger partial charge in [-0.2, -0.15) is 0 Å². The number of terminal acetylenes is 1. The molecule has 0 bridgehead atoms. The van der Waals surface area contributed by atoms with Crippen LogP contribution in [0.3, 0.4) is 0 Å². The highest BCUT2D eigenvalue weighted by atomic mass is 16.2. The summed E-state index contributed by atoms with van der Waals surface area (Å²) in [5.41, 5.74) is 2.99. The van der Waals surface area contributed by atoms with Crippen LogP contribution in [0.1, 0.15) is 29.2 Å². The Balaban J connectivity index is 1.83. The molecule has 0 unspecified atom stereocenters. The molecule has 0 fully saturated rings. The molecular weight excluding hydrogens is 356 g/mol. The van der Waals surface area contributed by atoms with Crippen molar-refractivity contribution >= 4 is 11.7 Å². The van der Waals surface area contributed by atoms with Gasteiger partial charge in [0.25, 0.3) is 0 Å². The minimum absolute atomic E-state index is 0.0227. The molecule has 1 aliphatic heterocycles. The van der Waals surface area contributed by atoms with Crippen LogP contribution >= 0.6 is 0 Å². The molecule has 0 radical (unpaired) electrons. The lowest BCUT2D eigenvalue weighted by atomic mass is 9.87. The molecule has 1 amide bonds. The first-order valence-electron chi connectivity index (χ1n) is 9.75. The normalized spacial score (nSPS) is 18.8. The van der Waals surface area contributed by atoms with Crippen LogP contribution < -0.4 is 0 Å². The quantitative estimate of drug-likeness (QED) is 0.584. The van der Waals surface area contributed by atoms with Gasteiger partial charge in [-0.3, -0.25) is 14.7 Å². The van der Waals surface area contributed by atoms with E-state index in [0.717, 1.165) is 16.7 Å². The van der Waals surface area contributed by atoms with Gasteiger partial charge in [0.05, 0.1) is 18.5 Å². The van der Waals surface area contributed by atoms with Crippen molar-refractivity contribution in [3.05, 3.63) is 108 Å². The topological polar surface area (TPSA) is 32.7 Å². The first kappa shape index (κ1) is 18.7. The van der Waals surface area contributed by atoms with Gasteiger partial charge in [-0.15, -0.1) is 12.3 Å². The Bertz CT molecular complexity index is 1040. The van der Waals surface area contributed by atoms with E-state index in [-0.39, 0.29) is 17.9 Å². The fourth-order valence-electron chi connectivity index (χ4n) is 3.75. The van der Waals surface area contributed by atoms with Crippen molar-refractivity contribution in [1.82, 2.24) is 4.90 Å². The Labute approximate surface area is 171 Å². The van der Waals surface area contributed by atoms with Gasteiger partial charge in [-0.05, 0) is 11.1 Å². The maximum atomic E-state index is 13.6. The highest BCUT2D eigenvalue weighted by Crippen LogP contribution is 2.35. The van der Waals surface area contributed by atoms with Crippen molar-refractivity contribution < 1.29 is 4.79 Å². The van der Waals surface area contributed by atoms with Crippen LogP contribution in [-0.4, -0.2) is 16.6 Å². The smallest absolute Gasteiger partial charge is 0.235 e. The zero-order valence-electron chi connectivity index (χ0n) is 16.1. The van der Waals surface area contributed by atoms with Crippen molar-refractivity contribution in [2.75, 3.05) is 0 Å². The summed E-state index contributed by atoms with van der Waals surface area (Å²) in [6.45, 7) is 0.468. The van der Waals surface area contributed by atoms with Gasteiger partial charge < -0.3 is 0 Å². The minimum atomic E-state index is -0.376. The molecule has 1 aliphatic rings. The van der Waals surface area contributed by atoms with E-state index in [4.69, 9.17) is 11.4 Å². The number of carbonyl (C=O) groups is 1. The van der Waals surface area contributed by atoms with Crippen molar-refractivity contribution in [2.45, 2.75) is 19.0 Å². The first-order valence-corrected chi connectivity index (χ1v) is 9.75. The molecule has 0 saturated carbocycles. The molecule has 3 aromatic carbocycles. The Morgan fingerprint density at radius 2 is 1.45 bits per heavy atom. The molecule has 0 saturated heterocycles. The lowest BCUT2D eigenvalue weighted by Gasteiger charge is -2.36. The summed E-state index contributed by atoms with van der Waals surface area (Å²) >= 11 is 0. The van der Waals surface area contributed by atoms with Crippen LogP contribution in [-0.2, 0) is 11.3 Å². The predicted octanol–water partition coefficient (Wildman–Crippen LogP) is 4.86. The van der Waals surface area contributed by atoms with E-state index >= 15 is 0 Å². The van der Waals surface area contributed by atoms with Gasteiger partial charge in [-0.25, -0.2) is 0 Å². The van der Waals surface area contributed by atoms with E-state index in [1.807, 2.05) is 91.0 Å². The van der Waals surface area contributed by atoms with Gasteiger partial charge >= 0.3 is 0 Å². The molecule has 3 aromatic rings. The van der Waals surface area contributed by atoms with E-state index in [1.165, 1.54) is 0 Å². The summed E-state index contributed by atoms with van der Waals surface area (Å²) in [7, 11) is 0. The van der Waals surface area contributed by atoms with Crippen LogP contribution in [0.5, 0.6) is 0 Å². The molecule has 2 atom stereocenters. The summed E-state index contributed by atoms with van der Waals surface area (Å²) in [4.78, 5) is 20.5. The Hall–Kier alpha value is -3.64. The van der Waals surface area contributed by atoms with E-state index in [1.54, 1.807) is 4.90 Å².